The Labute approximate surface area is 97.0 Å². The highest BCUT2D eigenvalue weighted by Crippen LogP contribution is 2.34. The Hall–Kier alpha value is -0.830. The van der Waals surface area contributed by atoms with Crippen molar-refractivity contribution in [3.05, 3.63) is 17.7 Å². The summed E-state index contributed by atoms with van der Waals surface area (Å²) < 4.78 is 2.41. The minimum atomic E-state index is 0.221. The van der Waals surface area contributed by atoms with Gasteiger partial charge in [-0.15, -0.1) is 0 Å². The Kier molecular flexibility index (Phi) is 2.72. The maximum atomic E-state index is 6.13. The lowest BCUT2D eigenvalue weighted by Crippen LogP contribution is -2.23. The third-order valence-electron chi connectivity index (χ3n) is 4.16. The van der Waals surface area contributed by atoms with Crippen molar-refractivity contribution in [3.63, 3.8) is 0 Å². The maximum absolute atomic E-state index is 6.13. The quantitative estimate of drug-likeness (QED) is 0.789. The van der Waals surface area contributed by atoms with Gasteiger partial charge in [0, 0.05) is 18.5 Å². The van der Waals surface area contributed by atoms with Crippen LogP contribution in [0.2, 0.25) is 0 Å². The van der Waals surface area contributed by atoms with E-state index in [1.807, 2.05) is 6.20 Å². The van der Waals surface area contributed by atoms with E-state index in [1.165, 1.54) is 50.0 Å². The van der Waals surface area contributed by atoms with E-state index in [2.05, 4.69) is 9.55 Å². The van der Waals surface area contributed by atoms with Crippen molar-refractivity contribution in [3.8, 4) is 0 Å². The average molecular weight is 219 g/mol. The largest absolute Gasteiger partial charge is 0.330 e. The van der Waals surface area contributed by atoms with E-state index in [-0.39, 0.29) is 6.04 Å². The van der Waals surface area contributed by atoms with Crippen LogP contribution in [0.4, 0.5) is 0 Å². The Morgan fingerprint density at radius 2 is 1.94 bits per heavy atom. The van der Waals surface area contributed by atoms with Crippen molar-refractivity contribution >= 4 is 0 Å². The van der Waals surface area contributed by atoms with Crippen molar-refractivity contribution < 1.29 is 0 Å². The van der Waals surface area contributed by atoms with Crippen LogP contribution < -0.4 is 5.73 Å². The lowest BCUT2D eigenvalue weighted by Gasteiger charge is -2.26. The first-order chi connectivity index (χ1) is 7.86. The van der Waals surface area contributed by atoms with E-state index >= 15 is 0 Å². The summed E-state index contributed by atoms with van der Waals surface area (Å²) in [5.41, 5.74) is 7.40. The van der Waals surface area contributed by atoms with Gasteiger partial charge in [-0.1, -0.05) is 19.3 Å². The normalized spacial score (nSPS) is 26.7. The predicted octanol–water partition coefficient (Wildman–Crippen LogP) is 2.72. The van der Waals surface area contributed by atoms with Gasteiger partial charge in [0.2, 0.25) is 0 Å². The zero-order valence-electron chi connectivity index (χ0n) is 9.86. The van der Waals surface area contributed by atoms with Crippen LogP contribution in [0, 0.1) is 0 Å². The number of rotatable bonds is 1. The molecule has 1 aliphatic heterocycles. The highest BCUT2D eigenvalue weighted by molar-refractivity contribution is 5.15. The molecule has 3 nitrogen and oxygen atoms in total. The molecular weight excluding hydrogens is 198 g/mol. The van der Waals surface area contributed by atoms with Crippen molar-refractivity contribution in [1.29, 1.82) is 0 Å². The van der Waals surface area contributed by atoms with Gasteiger partial charge in [-0.2, -0.15) is 0 Å². The molecule has 2 heterocycles. The molecule has 0 radical (unpaired) electrons. The Morgan fingerprint density at radius 1 is 1.12 bits per heavy atom. The fourth-order valence-corrected chi connectivity index (χ4v) is 3.25. The fraction of sp³-hybridized carbons (Fsp3) is 0.769. The van der Waals surface area contributed by atoms with Gasteiger partial charge >= 0.3 is 0 Å². The monoisotopic (exact) mass is 219 g/mol. The number of aromatic nitrogens is 2. The first-order valence-corrected chi connectivity index (χ1v) is 6.67. The van der Waals surface area contributed by atoms with Crippen LogP contribution in [0.5, 0.6) is 0 Å². The molecule has 0 spiro atoms. The molecular formula is C13H21N3. The van der Waals surface area contributed by atoms with Gasteiger partial charge in [-0.05, 0) is 25.7 Å². The second-order valence-corrected chi connectivity index (χ2v) is 5.28. The first-order valence-electron chi connectivity index (χ1n) is 6.67. The molecule has 1 aromatic rings. The molecule has 1 aromatic heterocycles. The number of imidazole rings is 1. The standard InChI is InChI=1S/C13H21N3/c14-11-7-4-8-16-12(11)9-15-13(16)10-5-2-1-3-6-10/h9-11H,1-8,14H2. The molecule has 2 N–H and O–H groups in total. The van der Waals surface area contributed by atoms with Crippen LogP contribution in [0.25, 0.3) is 0 Å². The summed E-state index contributed by atoms with van der Waals surface area (Å²) in [5.74, 6) is 2.03. The zero-order valence-corrected chi connectivity index (χ0v) is 9.86. The van der Waals surface area contributed by atoms with Gasteiger partial charge in [0.25, 0.3) is 0 Å². The lowest BCUT2D eigenvalue weighted by molar-refractivity contribution is 0.391. The lowest BCUT2D eigenvalue weighted by atomic mass is 9.88. The van der Waals surface area contributed by atoms with E-state index in [9.17, 15) is 0 Å². The molecule has 1 unspecified atom stereocenters. The van der Waals surface area contributed by atoms with Crippen LogP contribution in [0.15, 0.2) is 6.20 Å². The van der Waals surface area contributed by atoms with Gasteiger partial charge in [0.1, 0.15) is 5.82 Å². The molecule has 0 saturated heterocycles. The minimum Gasteiger partial charge on any atom is -0.330 e. The molecule has 1 fully saturated rings. The van der Waals surface area contributed by atoms with Gasteiger partial charge in [0.05, 0.1) is 11.9 Å². The summed E-state index contributed by atoms with van der Waals surface area (Å²) in [7, 11) is 0. The molecule has 3 rings (SSSR count). The van der Waals surface area contributed by atoms with Crippen LogP contribution in [0.3, 0.4) is 0 Å². The maximum Gasteiger partial charge on any atom is 0.112 e. The fourth-order valence-electron chi connectivity index (χ4n) is 3.25. The molecule has 3 heteroatoms. The van der Waals surface area contributed by atoms with E-state index < -0.39 is 0 Å². The molecule has 88 valence electrons. The summed E-state index contributed by atoms with van der Waals surface area (Å²) in [5, 5.41) is 0. The van der Waals surface area contributed by atoms with Gasteiger partial charge in [-0.3, -0.25) is 0 Å². The highest BCUT2D eigenvalue weighted by Gasteiger charge is 2.25. The Morgan fingerprint density at radius 3 is 2.75 bits per heavy atom. The second kappa shape index (κ2) is 4.21. The zero-order chi connectivity index (χ0) is 11.0. The second-order valence-electron chi connectivity index (χ2n) is 5.28. The molecule has 0 aromatic carbocycles. The highest BCUT2D eigenvalue weighted by atomic mass is 15.1. The molecule has 1 saturated carbocycles. The number of hydrogen-bond donors (Lipinski definition) is 1. The molecule has 1 atom stereocenters. The topological polar surface area (TPSA) is 43.8 Å². The summed E-state index contributed by atoms with van der Waals surface area (Å²) >= 11 is 0. The van der Waals surface area contributed by atoms with E-state index in [0.717, 1.165) is 13.0 Å². The third kappa shape index (κ3) is 1.67. The predicted molar refractivity (Wildman–Crippen MR) is 64.2 cm³/mol. The Bertz CT molecular complexity index is 363. The summed E-state index contributed by atoms with van der Waals surface area (Å²) in [6.45, 7) is 1.13. The van der Waals surface area contributed by atoms with Crippen LogP contribution in [-0.4, -0.2) is 9.55 Å². The van der Waals surface area contributed by atoms with Crippen LogP contribution in [0.1, 0.15) is 68.4 Å². The number of hydrogen-bond acceptors (Lipinski definition) is 2. The van der Waals surface area contributed by atoms with E-state index in [0.29, 0.717) is 5.92 Å². The summed E-state index contributed by atoms with van der Waals surface area (Å²) in [6.07, 6.45) is 11.2. The van der Waals surface area contributed by atoms with Gasteiger partial charge in [0.15, 0.2) is 0 Å². The molecule has 2 aliphatic rings. The minimum absolute atomic E-state index is 0.221. The van der Waals surface area contributed by atoms with Crippen molar-refractivity contribution in [1.82, 2.24) is 9.55 Å². The van der Waals surface area contributed by atoms with E-state index in [4.69, 9.17) is 5.73 Å². The van der Waals surface area contributed by atoms with Crippen molar-refractivity contribution in [2.24, 2.45) is 5.73 Å². The molecule has 0 amide bonds. The van der Waals surface area contributed by atoms with Gasteiger partial charge < -0.3 is 10.3 Å². The molecule has 0 bridgehead atoms. The SMILES string of the molecule is NC1CCCn2c1cnc2C1CCCCC1. The Balaban J connectivity index is 1.89. The smallest absolute Gasteiger partial charge is 0.112 e. The summed E-state index contributed by atoms with van der Waals surface area (Å²) in [6, 6.07) is 0.221. The van der Waals surface area contributed by atoms with Crippen LogP contribution >= 0.6 is 0 Å². The molecule has 16 heavy (non-hydrogen) atoms. The van der Waals surface area contributed by atoms with E-state index in [1.54, 1.807) is 0 Å². The number of nitrogens with two attached hydrogens (primary N) is 1. The van der Waals surface area contributed by atoms with Crippen LogP contribution in [-0.2, 0) is 6.54 Å². The summed E-state index contributed by atoms with van der Waals surface area (Å²) in [4.78, 5) is 4.65. The first kappa shape index (κ1) is 10.3. The van der Waals surface area contributed by atoms with Crippen molar-refractivity contribution in [2.75, 3.05) is 0 Å². The van der Waals surface area contributed by atoms with Gasteiger partial charge in [-0.25, -0.2) is 4.98 Å². The van der Waals surface area contributed by atoms with Crippen molar-refractivity contribution in [2.45, 2.75) is 63.5 Å². The number of fused-ring (bicyclic) bond motifs is 1. The average Bonchev–Trinajstić information content (AvgIpc) is 2.75. The molecule has 1 aliphatic carbocycles. The number of nitrogens with zero attached hydrogens (tertiary/aromatic N) is 2. The third-order valence-corrected chi connectivity index (χ3v) is 4.16.